The van der Waals surface area contributed by atoms with Gasteiger partial charge in [0.25, 0.3) is 0 Å². The van der Waals surface area contributed by atoms with Crippen molar-refractivity contribution in [2.45, 2.75) is 31.7 Å². The van der Waals surface area contributed by atoms with Crippen molar-refractivity contribution in [1.82, 2.24) is 9.80 Å². The molecule has 2 aliphatic heterocycles. The molecule has 130 valence electrons. The molecule has 2 fully saturated rings. The zero-order valence-electron chi connectivity index (χ0n) is 13.8. The van der Waals surface area contributed by atoms with Crippen molar-refractivity contribution in [1.29, 1.82) is 0 Å². The van der Waals surface area contributed by atoms with Crippen LogP contribution in [0.15, 0.2) is 24.3 Å². The molecule has 3 rings (SSSR count). The van der Waals surface area contributed by atoms with E-state index in [2.05, 4.69) is 0 Å². The van der Waals surface area contributed by atoms with E-state index in [1.165, 1.54) is 12.1 Å². The van der Waals surface area contributed by atoms with Gasteiger partial charge in [0.1, 0.15) is 5.82 Å². The van der Waals surface area contributed by atoms with Crippen molar-refractivity contribution < 1.29 is 14.0 Å². The minimum Gasteiger partial charge on any atom is -0.369 e. The minimum atomic E-state index is -0.323. The Morgan fingerprint density at radius 2 is 1.75 bits per heavy atom. The molecule has 2 saturated heterocycles. The predicted octanol–water partition coefficient (Wildman–Crippen LogP) is 1.69. The first-order valence-corrected chi connectivity index (χ1v) is 8.61. The number of nitrogens with zero attached hydrogens (tertiary/aromatic N) is 2. The molecule has 5 nitrogen and oxygen atoms in total. The van der Waals surface area contributed by atoms with Crippen LogP contribution in [0.25, 0.3) is 0 Å². The Balaban J connectivity index is 1.62. The van der Waals surface area contributed by atoms with Gasteiger partial charge in [-0.25, -0.2) is 4.39 Å². The normalized spacial score (nSPS) is 22.7. The number of carbonyl (C=O) groups is 2. The largest absolute Gasteiger partial charge is 0.369 e. The van der Waals surface area contributed by atoms with Gasteiger partial charge in [0.2, 0.25) is 11.8 Å². The number of likely N-dealkylation sites (tertiary alicyclic amines) is 2. The van der Waals surface area contributed by atoms with Crippen LogP contribution in [-0.4, -0.2) is 47.8 Å². The number of amides is 2. The molecular weight excluding hydrogens is 309 g/mol. The van der Waals surface area contributed by atoms with Crippen molar-refractivity contribution in [3.05, 3.63) is 35.6 Å². The summed E-state index contributed by atoms with van der Waals surface area (Å²) in [5.41, 5.74) is 6.24. The topological polar surface area (TPSA) is 66.6 Å². The standard InChI is InChI=1S/C18H24FN3O2/c19-15-5-3-13(4-6-15)16-2-1-9-22(16)18(24)14-7-10-21(11-8-14)12-17(20)23/h3-6,14,16H,1-2,7-12H2,(H2,20,23). The second-order valence-electron chi connectivity index (χ2n) is 6.76. The van der Waals surface area contributed by atoms with Crippen LogP contribution >= 0.6 is 0 Å². The quantitative estimate of drug-likeness (QED) is 0.912. The SMILES string of the molecule is NC(=O)CN1CCC(C(=O)N2CCCC2c2ccc(F)cc2)CC1. The molecule has 0 aromatic heterocycles. The summed E-state index contributed by atoms with van der Waals surface area (Å²) < 4.78 is 13.1. The van der Waals surface area contributed by atoms with Crippen molar-refractivity contribution in [2.24, 2.45) is 11.7 Å². The number of nitrogens with two attached hydrogens (primary N) is 1. The summed E-state index contributed by atoms with van der Waals surface area (Å²) >= 11 is 0. The molecule has 2 aliphatic rings. The second kappa shape index (κ2) is 7.30. The molecule has 6 heteroatoms. The molecule has 2 amide bonds. The molecule has 0 spiro atoms. The van der Waals surface area contributed by atoms with E-state index in [9.17, 15) is 14.0 Å². The van der Waals surface area contributed by atoms with Crippen LogP contribution in [-0.2, 0) is 9.59 Å². The van der Waals surface area contributed by atoms with Gasteiger partial charge in [-0.3, -0.25) is 14.5 Å². The number of hydrogen-bond donors (Lipinski definition) is 1. The molecule has 24 heavy (non-hydrogen) atoms. The summed E-state index contributed by atoms with van der Waals surface area (Å²) in [6.07, 6.45) is 3.43. The van der Waals surface area contributed by atoms with Gasteiger partial charge in [-0.05, 0) is 56.5 Å². The minimum absolute atomic E-state index is 0.00942. The molecule has 0 saturated carbocycles. The number of halogens is 1. The lowest BCUT2D eigenvalue weighted by Crippen LogP contribution is -2.44. The molecule has 1 aromatic carbocycles. The fraction of sp³-hybridized carbons (Fsp3) is 0.556. The summed E-state index contributed by atoms with van der Waals surface area (Å²) in [7, 11) is 0. The van der Waals surface area contributed by atoms with E-state index in [0.717, 1.165) is 50.9 Å². The highest BCUT2D eigenvalue weighted by molar-refractivity contribution is 5.80. The number of piperidine rings is 1. The van der Waals surface area contributed by atoms with Crippen molar-refractivity contribution >= 4 is 11.8 Å². The van der Waals surface area contributed by atoms with Gasteiger partial charge in [-0.1, -0.05) is 12.1 Å². The van der Waals surface area contributed by atoms with Gasteiger partial charge in [0.05, 0.1) is 12.6 Å². The highest BCUT2D eigenvalue weighted by Gasteiger charge is 2.35. The Kier molecular flexibility index (Phi) is 5.14. The number of primary amides is 1. The lowest BCUT2D eigenvalue weighted by Gasteiger charge is -2.34. The summed E-state index contributed by atoms with van der Waals surface area (Å²) in [4.78, 5) is 27.9. The van der Waals surface area contributed by atoms with Gasteiger partial charge < -0.3 is 10.6 Å². The van der Waals surface area contributed by atoms with Crippen molar-refractivity contribution in [3.63, 3.8) is 0 Å². The highest BCUT2D eigenvalue weighted by Crippen LogP contribution is 2.34. The highest BCUT2D eigenvalue weighted by atomic mass is 19.1. The van der Waals surface area contributed by atoms with Gasteiger partial charge in [-0.15, -0.1) is 0 Å². The van der Waals surface area contributed by atoms with Crippen LogP contribution in [0, 0.1) is 11.7 Å². The molecule has 1 atom stereocenters. The third-order valence-electron chi connectivity index (χ3n) is 5.11. The molecule has 2 heterocycles. The predicted molar refractivity (Wildman–Crippen MR) is 88.4 cm³/mol. The van der Waals surface area contributed by atoms with Crippen molar-refractivity contribution in [3.8, 4) is 0 Å². The van der Waals surface area contributed by atoms with Crippen LogP contribution < -0.4 is 5.73 Å². The van der Waals surface area contributed by atoms with E-state index >= 15 is 0 Å². The van der Waals surface area contributed by atoms with Gasteiger partial charge in [0.15, 0.2) is 0 Å². The smallest absolute Gasteiger partial charge is 0.231 e. The van der Waals surface area contributed by atoms with Crippen LogP contribution in [0.3, 0.4) is 0 Å². The van der Waals surface area contributed by atoms with Gasteiger partial charge in [0, 0.05) is 12.5 Å². The van der Waals surface area contributed by atoms with Crippen LogP contribution in [0.5, 0.6) is 0 Å². The van der Waals surface area contributed by atoms with E-state index in [-0.39, 0.29) is 36.1 Å². The zero-order valence-corrected chi connectivity index (χ0v) is 13.8. The lowest BCUT2D eigenvalue weighted by molar-refractivity contribution is -0.138. The van der Waals surface area contributed by atoms with E-state index in [1.807, 2.05) is 9.80 Å². The lowest BCUT2D eigenvalue weighted by atomic mass is 9.94. The second-order valence-corrected chi connectivity index (χ2v) is 6.76. The Bertz CT molecular complexity index is 597. The molecule has 0 aliphatic carbocycles. The first kappa shape index (κ1) is 16.9. The maximum Gasteiger partial charge on any atom is 0.231 e. The summed E-state index contributed by atoms with van der Waals surface area (Å²) in [6, 6.07) is 6.53. The fourth-order valence-corrected chi connectivity index (χ4v) is 3.85. The van der Waals surface area contributed by atoms with Gasteiger partial charge in [-0.2, -0.15) is 0 Å². The van der Waals surface area contributed by atoms with Crippen LogP contribution in [0.1, 0.15) is 37.3 Å². The average molecular weight is 333 g/mol. The Morgan fingerprint density at radius 1 is 1.08 bits per heavy atom. The maximum atomic E-state index is 13.1. The third kappa shape index (κ3) is 3.75. The van der Waals surface area contributed by atoms with E-state index in [1.54, 1.807) is 12.1 Å². The van der Waals surface area contributed by atoms with Crippen LogP contribution in [0.2, 0.25) is 0 Å². The molecule has 0 radical (unpaired) electrons. The first-order valence-electron chi connectivity index (χ1n) is 8.61. The number of carbonyl (C=O) groups excluding carboxylic acids is 2. The average Bonchev–Trinajstić information content (AvgIpc) is 3.04. The van der Waals surface area contributed by atoms with E-state index in [4.69, 9.17) is 5.73 Å². The molecule has 1 aromatic rings. The molecule has 2 N–H and O–H groups in total. The molecular formula is C18H24FN3O2. The Hall–Kier alpha value is -1.95. The summed E-state index contributed by atoms with van der Waals surface area (Å²) in [6.45, 7) is 2.49. The fourth-order valence-electron chi connectivity index (χ4n) is 3.85. The number of hydrogen-bond acceptors (Lipinski definition) is 3. The third-order valence-corrected chi connectivity index (χ3v) is 5.11. The van der Waals surface area contributed by atoms with E-state index in [0.29, 0.717) is 0 Å². The monoisotopic (exact) mass is 333 g/mol. The molecule has 1 unspecified atom stereocenters. The summed E-state index contributed by atoms with van der Waals surface area (Å²) in [5, 5.41) is 0. The van der Waals surface area contributed by atoms with E-state index < -0.39 is 0 Å². The summed E-state index contributed by atoms with van der Waals surface area (Å²) in [5.74, 6) is -0.372. The zero-order chi connectivity index (χ0) is 17.1. The van der Waals surface area contributed by atoms with Gasteiger partial charge >= 0.3 is 0 Å². The van der Waals surface area contributed by atoms with Crippen LogP contribution in [0.4, 0.5) is 4.39 Å². The Labute approximate surface area is 141 Å². The number of benzene rings is 1. The Morgan fingerprint density at radius 3 is 2.38 bits per heavy atom. The first-order chi connectivity index (χ1) is 11.5. The maximum absolute atomic E-state index is 13.1. The van der Waals surface area contributed by atoms with Crippen molar-refractivity contribution in [2.75, 3.05) is 26.2 Å². The molecule has 0 bridgehead atoms. The number of rotatable bonds is 4.